The number of piperidine rings is 1. The molecule has 2 heterocycles. The summed E-state index contributed by atoms with van der Waals surface area (Å²) >= 11 is 0. The normalized spacial score (nSPS) is 28.2. The van der Waals surface area contributed by atoms with Gasteiger partial charge in [-0.25, -0.2) is 14.4 Å². The van der Waals surface area contributed by atoms with E-state index in [1.807, 2.05) is 13.1 Å². The molecule has 1 aromatic carbocycles. The van der Waals surface area contributed by atoms with E-state index in [9.17, 15) is 39.3 Å². The van der Waals surface area contributed by atoms with Crippen molar-refractivity contribution in [3.05, 3.63) is 35.1 Å². The molecule has 1 saturated heterocycles. The lowest BCUT2D eigenvalue weighted by Crippen LogP contribution is -2.74. The first-order valence-corrected chi connectivity index (χ1v) is 14.0. The molecule has 1 fully saturated rings. The van der Waals surface area contributed by atoms with Gasteiger partial charge in [-0.15, -0.1) is 0 Å². The standard InChI is InChI=1S/C29H33NO14/c1-13(31)26(37)43-18(27(38)42-17(25(35)36)11-20(32)33)12-21(34)41-16-6-7-29(39)19-10-14-4-5-15(40-3)23-22(14)28(29,24(16)44-23)8-9-30(19)2/h4-6,13,17-19,24,31,39H,7-12H2,1-3H3,(H,32,33)(H,35,36)/t13-,17-,18-,19-,24-,28-,29+/m0/s1. The van der Waals surface area contributed by atoms with E-state index in [-0.39, 0.29) is 18.2 Å². The zero-order valence-corrected chi connectivity index (χ0v) is 24.2. The van der Waals surface area contributed by atoms with Crippen LogP contribution in [0.15, 0.2) is 24.0 Å². The van der Waals surface area contributed by atoms with Gasteiger partial charge in [-0.2, -0.15) is 0 Å². The topological polar surface area (TPSA) is 216 Å². The van der Waals surface area contributed by atoms with Crippen molar-refractivity contribution in [1.82, 2.24) is 4.90 Å². The number of likely N-dealkylation sites (tertiary alicyclic amines) is 1. The maximum Gasteiger partial charge on any atom is 0.348 e. The van der Waals surface area contributed by atoms with Crippen LogP contribution in [0.2, 0.25) is 0 Å². The highest BCUT2D eigenvalue weighted by Gasteiger charge is 2.72. The summed E-state index contributed by atoms with van der Waals surface area (Å²) in [6.45, 7) is 1.66. The van der Waals surface area contributed by atoms with Crippen LogP contribution < -0.4 is 9.47 Å². The molecule has 15 heteroatoms. The van der Waals surface area contributed by atoms with E-state index in [4.69, 9.17) is 28.8 Å². The van der Waals surface area contributed by atoms with Gasteiger partial charge >= 0.3 is 29.8 Å². The second kappa shape index (κ2) is 11.4. The van der Waals surface area contributed by atoms with Gasteiger partial charge in [0, 0.05) is 18.0 Å². The third-order valence-corrected chi connectivity index (χ3v) is 8.90. The number of aliphatic carboxylic acids is 2. The Balaban J connectivity index is 1.42. The van der Waals surface area contributed by atoms with Gasteiger partial charge in [0.1, 0.15) is 11.9 Å². The summed E-state index contributed by atoms with van der Waals surface area (Å²) in [4.78, 5) is 62.7. The molecule has 0 radical (unpaired) electrons. The Morgan fingerprint density at radius 1 is 1.09 bits per heavy atom. The molecule has 5 rings (SSSR count). The van der Waals surface area contributed by atoms with Crippen LogP contribution in [0, 0.1) is 0 Å². The Morgan fingerprint density at radius 3 is 2.43 bits per heavy atom. The molecule has 2 bridgehead atoms. The predicted octanol–water partition coefficient (Wildman–Crippen LogP) is -0.330. The minimum Gasteiger partial charge on any atom is -0.493 e. The number of methoxy groups -OCH3 is 1. The van der Waals surface area contributed by atoms with Crippen molar-refractivity contribution in [3.63, 3.8) is 0 Å². The van der Waals surface area contributed by atoms with Crippen LogP contribution >= 0.6 is 0 Å². The van der Waals surface area contributed by atoms with E-state index < -0.39 is 78.1 Å². The largest absolute Gasteiger partial charge is 0.493 e. The molecule has 44 heavy (non-hydrogen) atoms. The number of hydrogen-bond acceptors (Lipinski definition) is 13. The smallest absolute Gasteiger partial charge is 0.348 e. The highest BCUT2D eigenvalue weighted by Crippen LogP contribution is 2.65. The number of nitrogens with zero attached hydrogens (tertiary/aromatic N) is 1. The number of carbonyl (C=O) groups excluding carboxylic acids is 3. The van der Waals surface area contributed by atoms with Crippen LogP contribution in [0.25, 0.3) is 0 Å². The lowest BCUT2D eigenvalue weighted by molar-refractivity contribution is -0.184. The number of hydrogen-bond donors (Lipinski definition) is 4. The van der Waals surface area contributed by atoms with Gasteiger partial charge in [0.25, 0.3) is 0 Å². The molecule has 1 aromatic rings. The zero-order valence-electron chi connectivity index (χ0n) is 24.2. The van der Waals surface area contributed by atoms with Crippen molar-refractivity contribution in [2.45, 2.75) is 80.5 Å². The number of carboxylic acids is 2. The lowest BCUT2D eigenvalue weighted by atomic mass is 9.50. The van der Waals surface area contributed by atoms with Gasteiger partial charge < -0.3 is 49.0 Å². The van der Waals surface area contributed by atoms with Crippen LogP contribution in [-0.4, -0.2) is 112 Å². The summed E-state index contributed by atoms with van der Waals surface area (Å²) in [5.41, 5.74) is -0.505. The van der Waals surface area contributed by atoms with Crippen molar-refractivity contribution < 1.29 is 68.1 Å². The highest BCUT2D eigenvalue weighted by molar-refractivity contribution is 5.88. The summed E-state index contributed by atoms with van der Waals surface area (Å²) in [6, 6.07) is 3.45. The predicted molar refractivity (Wildman–Crippen MR) is 144 cm³/mol. The van der Waals surface area contributed by atoms with Gasteiger partial charge in [0.15, 0.2) is 17.6 Å². The monoisotopic (exact) mass is 619 g/mol. The summed E-state index contributed by atoms with van der Waals surface area (Å²) < 4.78 is 27.3. The fraction of sp³-hybridized carbons (Fsp3) is 0.552. The maximum atomic E-state index is 13.2. The molecule has 0 unspecified atom stereocenters. The zero-order chi connectivity index (χ0) is 32.1. The molecule has 4 N–H and O–H groups in total. The number of rotatable bonds is 11. The molecule has 238 valence electrons. The molecule has 2 aliphatic carbocycles. The van der Waals surface area contributed by atoms with Gasteiger partial charge in [-0.3, -0.25) is 9.59 Å². The Kier molecular flexibility index (Phi) is 8.07. The Hall–Kier alpha value is -4.21. The van der Waals surface area contributed by atoms with Crippen LogP contribution in [0.3, 0.4) is 0 Å². The van der Waals surface area contributed by atoms with Gasteiger partial charge in [-0.05, 0) is 51.1 Å². The average molecular weight is 620 g/mol. The number of benzene rings is 1. The Labute approximate surface area is 250 Å². The van der Waals surface area contributed by atoms with Gasteiger partial charge in [0.05, 0.1) is 31.0 Å². The fourth-order valence-corrected chi connectivity index (χ4v) is 6.88. The molecule has 0 saturated carbocycles. The number of likely N-dealkylation sites (N-methyl/N-ethyl adjacent to an activating group) is 1. The van der Waals surface area contributed by atoms with E-state index in [0.29, 0.717) is 30.9 Å². The average Bonchev–Trinajstić information content (AvgIpc) is 3.31. The SMILES string of the molecule is COc1ccc2c3c1O[C@H]1C(OC(=O)C[C@H](OC(=O)[C@H](C)O)C(=O)O[C@@H](CC(=O)O)C(=O)O)=CC[C@@]4(O)[C@H](C2)N(C)CC[C@]314. The van der Waals surface area contributed by atoms with E-state index in [0.717, 1.165) is 18.1 Å². The second-order valence-corrected chi connectivity index (χ2v) is 11.4. The molecule has 2 aliphatic heterocycles. The van der Waals surface area contributed by atoms with E-state index in [2.05, 4.69) is 4.90 Å². The van der Waals surface area contributed by atoms with Gasteiger partial charge in [0.2, 0.25) is 12.2 Å². The summed E-state index contributed by atoms with van der Waals surface area (Å²) in [7, 11) is 3.43. The van der Waals surface area contributed by atoms with Gasteiger partial charge in [-0.1, -0.05) is 6.07 Å². The van der Waals surface area contributed by atoms with Crippen molar-refractivity contribution in [2.75, 3.05) is 20.7 Å². The molecule has 0 aromatic heterocycles. The van der Waals surface area contributed by atoms with E-state index in [1.54, 1.807) is 12.1 Å². The van der Waals surface area contributed by atoms with Crippen molar-refractivity contribution in [2.24, 2.45) is 0 Å². The molecular weight excluding hydrogens is 586 g/mol. The second-order valence-electron chi connectivity index (χ2n) is 11.4. The first-order chi connectivity index (χ1) is 20.7. The minimum atomic E-state index is -2.14. The third-order valence-electron chi connectivity index (χ3n) is 8.90. The van der Waals surface area contributed by atoms with Crippen LogP contribution in [0.1, 0.15) is 43.7 Å². The van der Waals surface area contributed by atoms with Crippen molar-refractivity contribution >= 4 is 29.8 Å². The Bertz CT molecular complexity index is 1440. The summed E-state index contributed by atoms with van der Waals surface area (Å²) in [6.07, 6.45) is -6.27. The summed E-state index contributed by atoms with van der Waals surface area (Å²) in [5.74, 6) is -6.38. The van der Waals surface area contributed by atoms with Crippen molar-refractivity contribution in [3.8, 4) is 11.5 Å². The molecule has 4 aliphatic rings. The fourth-order valence-electron chi connectivity index (χ4n) is 6.88. The highest BCUT2D eigenvalue weighted by atomic mass is 16.6. The Morgan fingerprint density at radius 2 is 1.80 bits per heavy atom. The minimum absolute atomic E-state index is 0.0531. The van der Waals surface area contributed by atoms with E-state index in [1.165, 1.54) is 7.11 Å². The lowest BCUT2D eigenvalue weighted by Gasteiger charge is -2.61. The molecular formula is C29H33NO14. The number of carboxylic acid groups (broad SMARTS) is 2. The third kappa shape index (κ3) is 4.94. The maximum absolute atomic E-state index is 13.2. The number of ether oxygens (including phenoxy) is 5. The first-order valence-electron chi connectivity index (χ1n) is 14.0. The van der Waals surface area contributed by atoms with Crippen LogP contribution in [0.5, 0.6) is 11.5 Å². The number of aliphatic hydroxyl groups excluding tert-OH is 1. The number of aliphatic hydroxyl groups is 2. The first kappa shape index (κ1) is 31.2. The summed E-state index contributed by atoms with van der Waals surface area (Å²) in [5, 5.41) is 40.0. The molecule has 7 atom stereocenters. The number of carbonyl (C=O) groups is 5. The molecule has 0 amide bonds. The number of esters is 3. The molecule has 1 spiro atoms. The van der Waals surface area contributed by atoms with E-state index >= 15 is 0 Å². The molecule has 15 nitrogen and oxygen atoms in total. The van der Waals surface area contributed by atoms with Crippen LogP contribution in [-0.2, 0) is 50.0 Å². The van der Waals surface area contributed by atoms with Crippen molar-refractivity contribution in [1.29, 1.82) is 0 Å². The van der Waals surface area contributed by atoms with Crippen LogP contribution in [0.4, 0.5) is 0 Å². The quantitative estimate of drug-likeness (QED) is 0.184.